The van der Waals surface area contributed by atoms with E-state index in [0.717, 1.165) is 6.20 Å². The summed E-state index contributed by atoms with van der Waals surface area (Å²) in [6, 6.07) is 0. The summed E-state index contributed by atoms with van der Waals surface area (Å²) in [6.07, 6.45) is -4.00. The third-order valence-corrected chi connectivity index (χ3v) is 2.12. The Hall–Kier alpha value is -2.06. The lowest BCUT2D eigenvalue weighted by molar-refractivity contribution is -0.146. The Labute approximate surface area is 112 Å². The normalized spacial score (nSPS) is 11.2. The number of ether oxygens (including phenoxy) is 2. The maximum absolute atomic E-state index is 12.7. The van der Waals surface area contributed by atoms with Crippen LogP contribution in [0, 0.1) is 0 Å². The van der Waals surface area contributed by atoms with Gasteiger partial charge < -0.3 is 9.47 Å². The van der Waals surface area contributed by atoms with Gasteiger partial charge >= 0.3 is 18.1 Å². The van der Waals surface area contributed by atoms with E-state index in [1.165, 1.54) is 6.92 Å². The van der Waals surface area contributed by atoms with E-state index in [0.29, 0.717) is 4.68 Å². The molecule has 0 amide bonds. The zero-order valence-corrected chi connectivity index (χ0v) is 10.9. The van der Waals surface area contributed by atoms with E-state index in [4.69, 9.17) is 0 Å². The molecule has 0 N–H and O–H groups in total. The third kappa shape index (κ3) is 3.97. The highest BCUT2D eigenvalue weighted by Crippen LogP contribution is 2.31. The molecule has 1 rings (SSSR count). The summed E-state index contributed by atoms with van der Waals surface area (Å²) in [6.45, 7) is 2.53. The summed E-state index contributed by atoms with van der Waals surface area (Å²) in [7, 11) is 0. The van der Waals surface area contributed by atoms with Crippen LogP contribution in [0.15, 0.2) is 6.20 Å². The van der Waals surface area contributed by atoms with Crippen LogP contribution >= 0.6 is 0 Å². The van der Waals surface area contributed by atoms with E-state index in [1.807, 2.05) is 0 Å². The second-order valence-electron chi connectivity index (χ2n) is 3.61. The summed E-state index contributed by atoms with van der Waals surface area (Å²) in [5.74, 6) is -1.89. The largest absolute Gasteiger partial charge is 0.465 e. The lowest BCUT2D eigenvalue weighted by Gasteiger charge is -2.05. The molecule has 0 unspecified atom stereocenters. The number of carbonyl (C=O) groups excluding carboxylic acids is 2. The lowest BCUT2D eigenvalue weighted by atomic mass is 10.2. The Morgan fingerprint density at radius 3 is 2.35 bits per heavy atom. The topological polar surface area (TPSA) is 70.4 Å². The molecule has 0 aliphatic rings. The molecule has 9 heteroatoms. The first-order chi connectivity index (χ1) is 9.29. The second kappa shape index (κ2) is 6.40. The number of halogens is 3. The van der Waals surface area contributed by atoms with E-state index >= 15 is 0 Å². The van der Waals surface area contributed by atoms with Crippen molar-refractivity contribution in [1.29, 1.82) is 0 Å². The molecular weight excluding hydrogens is 281 g/mol. The first-order valence-electron chi connectivity index (χ1n) is 5.77. The fourth-order valence-electron chi connectivity index (χ4n) is 1.41. The van der Waals surface area contributed by atoms with Crippen LogP contribution < -0.4 is 0 Å². The molecule has 0 atom stereocenters. The molecule has 0 aliphatic heterocycles. The van der Waals surface area contributed by atoms with Gasteiger partial charge in [0.15, 0.2) is 5.69 Å². The van der Waals surface area contributed by atoms with Gasteiger partial charge in [0.1, 0.15) is 12.1 Å². The Balaban J connectivity index is 3.06. The van der Waals surface area contributed by atoms with Crippen molar-refractivity contribution < 1.29 is 32.2 Å². The molecule has 112 valence electrons. The molecule has 0 aromatic carbocycles. The van der Waals surface area contributed by atoms with Crippen LogP contribution in [0.1, 0.15) is 29.9 Å². The fourth-order valence-corrected chi connectivity index (χ4v) is 1.41. The maximum Gasteiger partial charge on any atom is 0.436 e. The van der Waals surface area contributed by atoms with Crippen LogP contribution in [0.3, 0.4) is 0 Å². The molecule has 0 saturated heterocycles. The van der Waals surface area contributed by atoms with Gasteiger partial charge in [0, 0.05) is 6.20 Å². The first-order valence-corrected chi connectivity index (χ1v) is 5.77. The Morgan fingerprint density at radius 1 is 1.25 bits per heavy atom. The minimum atomic E-state index is -4.82. The van der Waals surface area contributed by atoms with Crippen molar-refractivity contribution in [2.45, 2.75) is 26.6 Å². The fraction of sp³-hybridized carbons (Fsp3) is 0.545. The molecule has 0 spiro atoms. The smallest absolute Gasteiger partial charge is 0.436 e. The number of nitrogens with zero attached hydrogens (tertiary/aromatic N) is 2. The minimum Gasteiger partial charge on any atom is -0.465 e. The van der Waals surface area contributed by atoms with Crippen LogP contribution in [0.2, 0.25) is 0 Å². The predicted octanol–water partition coefficient (Wildman–Crippen LogP) is 1.64. The number of aromatic nitrogens is 2. The van der Waals surface area contributed by atoms with Gasteiger partial charge in [-0.3, -0.25) is 9.48 Å². The third-order valence-electron chi connectivity index (χ3n) is 2.12. The number of carbonyl (C=O) groups is 2. The average molecular weight is 294 g/mol. The molecular formula is C11H13F3N2O4. The van der Waals surface area contributed by atoms with Crippen LogP contribution in [0.5, 0.6) is 0 Å². The lowest BCUT2D eigenvalue weighted by Crippen LogP contribution is -2.16. The van der Waals surface area contributed by atoms with Crippen LogP contribution in [-0.4, -0.2) is 34.9 Å². The average Bonchev–Trinajstić information content (AvgIpc) is 2.73. The van der Waals surface area contributed by atoms with E-state index < -0.39 is 35.9 Å². The van der Waals surface area contributed by atoms with Gasteiger partial charge in [-0.25, -0.2) is 4.79 Å². The summed E-state index contributed by atoms with van der Waals surface area (Å²) in [5.41, 5.74) is -2.12. The zero-order chi connectivity index (χ0) is 15.3. The molecule has 1 aromatic rings. The monoisotopic (exact) mass is 294 g/mol. The SMILES string of the molecule is CCOC(=O)Cn1cc(C(=O)OCC)c(C(F)(F)F)n1. The van der Waals surface area contributed by atoms with Crippen molar-refractivity contribution in [3.63, 3.8) is 0 Å². The standard InChI is InChI=1S/C11H13F3N2O4/c1-3-19-8(17)6-16-5-7(10(18)20-4-2)9(15-16)11(12,13)14/h5H,3-4,6H2,1-2H3. The molecule has 0 aliphatic carbocycles. The van der Waals surface area contributed by atoms with Crippen molar-refractivity contribution in [2.75, 3.05) is 13.2 Å². The van der Waals surface area contributed by atoms with E-state index in [-0.39, 0.29) is 13.2 Å². The summed E-state index contributed by atoms with van der Waals surface area (Å²) in [5, 5.41) is 3.20. The summed E-state index contributed by atoms with van der Waals surface area (Å²) >= 11 is 0. The predicted molar refractivity (Wildman–Crippen MR) is 59.8 cm³/mol. The van der Waals surface area contributed by atoms with Crippen LogP contribution in [0.25, 0.3) is 0 Å². The van der Waals surface area contributed by atoms with Crippen molar-refractivity contribution in [2.24, 2.45) is 0 Å². The van der Waals surface area contributed by atoms with Gasteiger partial charge in [0.25, 0.3) is 0 Å². The number of hydrogen-bond donors (Lipinski definition) is 0. The highest BCUT2D eigenvalue weighted by atomic mass is 19.4. The van der Waals surface area contributed by atoms with Gasteiger partial charge in [-0.1, -0.05) is 0 Å². The van der Waals surface area contributed by atoms with Gasteiger partial charge in [0.2, 0.25) is 0 Å². The first kappa shape index (κ1) is 16.0. The Kier molecular flexibility index (Phi) is 5.12. The van der Waals surface area contributed by atoms with E-state index in [9.17, 15) is 22.8 Å². The highest BCUT2D eigenvalue weighted by Gasteiger charge is 2.39. The van der Waals surface area contributed by atoms with Gasteiger partial charge in [-0.05, 0) is 13.8 Å². The van der Waals surface area contributed by atoms with Crippen molar-refractivity contribution >= 4 is 11.9 Å². The molecule has 0 saturated carbocycles. The summed E-state index contributed by atoms with van der Waals surface area (Å²) < 4.78 is 48.1. The van der Waals surface area contributed by atoms with E-state index in [2.05, 4.69) is 14.6 Å². The molecule has 1 aromatic heterocycles. The van der Waals surface area contributed by atoms with Crippen LogP contribution in [-0.2, 0) is 27.0 Å². The number of hydrogen-bond acceptors (Lipinski definition) is 5. The molecule has 0 bridgehead atoms. The number of alkyl halides is 3. The molecule has 0 fully saturated rings. The van der Waals surface area contributed by atoms with Crippen LogP contribution in [0.4, 0.5) is 13.2 Å². The quantitative estimate of drug-likeness (QED) is 0.772. The summed E-state index contributed by atoms with van der Waals surface area (Å²) in [4.78, 5) is 22.6. The Morgan fingerprint density at radius 2 is 1.85 bits per heavy atom. The molecule has 0 radical (unpaired) electrons. The van der Waals surface area contributed by atoms with E-state index in [1.54, 1.807) is 6.92 Å². The Bertz CT molecular complexity index is 496. The minimum absolute atomic E-state index is 0.0703. The highest BCUT2D eigenvalue weighted by molar-refractivity contribution is 5.90. The molecule has 20 heavy (non-hydrogen) atoms. The maximum atomic E-state index is 12.7. The second-order valence-corrected chi connectivity index (χ2v) is 3.61. The zero-order valence-electron chi connectivity index (χ0n) is 10.9. The van der Waals surface area contributed by atoms with Crippen molar-refractivity contribution in [1.82, 2.24) is 9.78 Å². The van der Waals surface area contributed by atoms with Gasteiger partial charge in [-0.15, -0.1) is 0 Å². The molecule has 6 nitrogen and oxygen atoms in total. The van der Waals surface area contributed by atoms with Crippen molar-refractivity contribution in [3.8, 4) is 0 Å². The van der Waals surface area contributed by atoms with Gasteiger partial charge in [0.05, 0.1) is 13.2 Å². The molecule has 1 heterocycles. The van der Waals surface area contributed by atoms with Gasteiger partial charge in [-0.2, -0.15) is 18.3 Å². The number of esters is 2. The number of rotatable bonds is 5. The van der Waals surface area contributed by atoms with Crippen molar-refractivity contribution in [3.05, 3.63) is 17.5 Å².